The van der Waals surface area contributed by atoms with Gasteiger partial charge in [0.25, 0.3) is 0 Å². The van der Waals surface area contributed by atoms with E-state index in [0.717, 1.165) is 11.8 Å². The van der Waals surface area contributed by atoms with Crippen molar-refractivity contribution in [1.82, 2.24) is 5.32 Å². The average molecular weight is 223 g/mol. The molecule has 94 valence electrons. The SMILES string of the molecule is CCC(CC)CC1(C2CC2)CCCCCN1. The van der Waals surface area contributed by atoms with Crippen molar-refractivity contribution in [2.24, 2.45) is 11.8 Å². The molecular formula is C15H29N. The fourth-order valence-electron chi connectivity index (χ4n) is 3.59. The van der Waals surface area contributed by atoms with Gasteiger partial charge in [-0.2, -0.15) is 0 Å². The predicted octanol–water partition coefficient (Wildman–Crippen LogP) is 4.13. The summed E-state index contributed by atoms with van der Waals surface area (Å²) < 4.78 is 0. The fraction of sp³-hybridized carbons (Fsp3) is 1.00. The van der Waals surface area contributed by atoms with Crippen molar-refractivity contribution in [2.45, 2.75) is 77.2 Å². The maximum absolute atomic E-state index is 3.96. The van der Waals surface area contributed by atoms with Gasteiger partial charge in [-0.3, -0.25) is 0 Å². The zero-order valence-electron chi connectivity index (χ0n) is 11.2. The van der Waals surface area contributed by atoms with E-state index in [1.807, 2.05) is 0 Å². The van der Waals surface area contributed by atoms with Crippen LogP contribution in [0.15, 0.2) is 0 Å². The molecule has 1 nitrogen and oxygen atoms in total. The molecule has 1 unspecified atom stereocenters. The second-order valence-electron chi connectivity index (χ2n) is 6.05. The molecule has 1 saturated heterocycles. The highest BCUT2D eigenvalue weighted by Crippen LogP contribution is 2.47. The molecule has 2 fully saturated rings. The van der Waals surface area contributed by atoms with Crippen LogP contribution in [-0.4, -0.2) is 12.1 Å². The highest BCUT2D eigenvalue weighted by atomic mass is 15.0. The Morgan fingerprint density at radius 3 is 2.50 bits per heavy atom. The molecule has 0 aromatic carbocycles. The summed E-state index contributed by atoms with van der Waals surface area (Å²) in [6, 6.07) is 0. The van der Waals surface area contributed by atoms with E-state index in [2.05, 4.69) is 19.2 Å². The lowest BCUT2D eigenvalue weighted by Crippen LogP contribution is -2.48. The molecule has 1 heterocycles. The van der Waals surface area contributed by atoms with Gasteiger partial charge in [0, 0.05) is 5.54 Å². The van der Waals surface area contributed by atoms with E-state index in [0.29, 0.717) is 5.54 Å². The summed E-state index contributed by atoms with van der Waals surface area (Å²) in [5, 5.41) is 3.96. The molecule has 1 saturated carbocycles. The molecule has 2 rings (SSSR count). The van der Waals surface area contributed by atoms with Gasteiger partial charge in [-0.25, -0.2) is 0 Å². The summed E-state index contributed by atoms with van der Waals surface area (Å²) in [6.07, 6.45) is 12.9. The fourth-order valence-corrected chi connectivity index (χ4v) is 3.59. The third-order valence-corrected chi connectivity index (χ3v) is 4.94. The van der Waals surface area contributed by atoms with E-state index in [9.17, 15) is 0 Å². The first-order valence-corrected chi connectivity index (χ1v) is 7.55. The van der Waals surface area contributed by atoms with E-state index in [1.165, 1.54) is 64.3 Å². The number of rotatable bonds is 5. The summed E-state index contributed by atoms with van der Waals surface area (Å²) in [6.45, 7) is 6.01. The van der Waals surface area contributed by atoms with Crippen LogP contribution in [0.5, 0.6) is 0 Å². The van der Waals surface area contributed by atoms with Crippen LogP contribution in [0.2, 0.25) is 0 Å². The molecular weight excluding hydrogens is 194 g/mol. The van der Waals surface area contributed by atoms with Crippen LogP contribution in [0, 0.1) is 11.8 Å². The predicted molar refractivity (Wildman–Crippen MR) is 70.6 cm³/mol. The molecule has 0 radical (unpaired) electrons. The first kappa shape index (κ1) is 12.4. The summed E-state index contributed by atoms with van der Waals surface area (Å²) in [7, 11) is 0. The van der Waals surface area contributed by atoms with Crippen LogP contribution in [-0.2, 0) is 0 Å². The lowest BCUT2D eigenvalue weighted by Gasteiger charge is -2.37. The normalized spacial score (nSPS) is 31.7. The summed E-state index contributed by atoms with van der Waals surface area (Å²) in [5.74, 6) is 1.97. The highest BCUT2D eigenvalue weighted by molar-refractivity contribution is 5.02. The molecule has 1 aliphatic heterocycles. The van der Waals surface area contributed by atoms with Crippen LogP contribution >= 0.6 is 0 Å². The second-order valence-corrected chi connectivity index (χ2v) is 6.05. The minimum Gasteiger partial charge on any atom is -0.311 e. The van der Waals surface area contributed by atoms with Gasteiger partial charge in [0.05, 0.1) is 0 Å². The van der Waals surface area contributed by atoms with Crippen molar-refractivity contribution in [2.75, 3.05) is 6.54 Å². The molecule has 0 bridgehead atoms. The zero-order chi connectivity index (χ0) is 11.4. The van der Waals surface area contributed by atoms with Crippen molar-refractivity contribution in [3.63, 3.8) is 0 Å². The standard InChI is InChI=1S/C15H29N/c1-3-13(4-2)12-15(14-8-9-14)10-6-5-7-11-16-15/h13-14,16H,3-12H2,1-2H3. The van der Waals surface area contributed by atoms with Gasteiger partial charge in [-0.1, -0.05) is 39.5 Å². The van der Waals surface area contributed by atoms with Gasteiger partial charge in [-0.15, -0.1) is 0 Å². The van der Waals surface area contributed by atoms with Gasteiger partial charge >= 0.3 is 0 Å². The van der Waals surface area contributed by atoms with Gasteiger partial charge in [0.1, 0.15) is 0 Å². The van der Waals surface area contributed by atoms with E-state index in [1.54, 1.807) is 0 Å². The molecule has 1 aliphatic carbocycles. The molecule has 1 atom stereocenters. The van der Waals surface area contributed by atoms with Crippen molar-refractivity contribution >= 4 is 0 Å². The Morgan fingerprint density at radius 1 is 1.12 bits per heavy atom. The second kappa shape index (κ2) is 5.53. The minimum absolute atomic E-state index is 0.549. The van der Waals surface area contributed by atoms with Crippen molar-refractivity contribution in [3.8, 4) is 0 Å². The van der Waals surface area contributed by atoms with Crippen LogP contribution in [0.4, 0.5) is 0 Å². The third-order valence-electron chi connectivity index (χ3n) is 4.94. The lowest BCUT2D eigenvalue weighted by atomic mass is 9.78. The summed E-state index contributed by atoms with van der Waals surface area (Å²) >= 11 is 0. The Labute approximate surface area is 101 Å². The van der Waals surface area contributed by atoms with E-state index < -0.39 is 0 Å². The summed E-state index contributed by atoms with van der Waals surface area (Å²) in [4.78, 5) is 0. The first-order chi connectivity index (χ1) is 7.80. The van der Waals surface area contributed by atoms with Gasteiger partial charge in [0.15, 0.2) is 0 Å². The Hall–Kier alpha value is -0.0400. The Bertz CT molecular complexity index is 195. The van der Waals surface area contributed by atoms with Gasteiger partial charge in [0.2, 0.25) is 0 Å². The monoisotopic (exact) mass is 223 g/mol. The molecule has 0 aromatic rings. The van der Waals surface area contributed by atoms with Crippen LogP contribution in [0.25, 0.3) is 0 Å². The molecule has 0 amide bonds. The third kappa shape index (κ3) is 2.80. The lowest BCUT2D eigenvalue weighted by molar-refractivity contribution is 0.206. The zero-order valence-corrected chi connectivity index (χ0v) is 11.2. The largest absolute Gasteiger partial charge is 0.311 e. The topological polar surface area (TPSA) is 12.0 Å². The quantitative estimate of drug-likeness (QED) is 0.739. The summed E-state index contributed by atoms with van der Waals surface area (Å²) in [5.41, 5.74) is 0.549. The van der Waals surface area contributed by atoms with E-state index in [-0.39, 0.29) is 0 Å². The first-order valence-electron chi connectivity index (χ1n) is 7.55. The molecule has 0 aromatic heterocycles. The average Bonchev–Trinajstić information content (AvgIpc) is 3.12. The Morgan fingerprint density at radius 2 is 1.88 bits per heavy atom. The Kier molecular flexibility index (Phi) is 4.29. The van der Waals surface area contributed by atoms with Crippen LogP contribution < -0.4 is 5.32 Å². The maximum Gasteiger partial charge on any atom is 0.0212 e. The minimum atomic E-state index is 0.549. The molecule has 2 aliphatic rings. The van der Waals surface area contributed by atoms with E-state index in [4.69, 9.17) is 0 Å². The van der Waals surface area contributed by atoms with Gasteiger partial charge in [-0.05, 0) is 50.5 Å². The van der Waals surface area contributed by atoms with Crippen molar-refractivity contribution < 1.29 is 0 Å². The van der Waals surface area contributed by atoms with Crippen molar-refractivity contribution in [1.29, 1.82) is 0 Å². The Balaban J connectivity index is 2.01. The van der Waals surface area contributed by atoms with E-state index >= 15 is 0 Å². The molecule has 16 heavy (non-hydrogen) atoms. The number of hydrogen-bond donors (Lipinski definition) is 1. The molecule has 1 heteroatoms. The highest BCUT2D eigenvalue weighted by Gasteiger charge is 2.45. The van der Waals surface area contributed by atoms with Crippen LogP contribution in [0.3, 0.4) is 0 Å². The molecule has 0 spiro atoms. The van der Waals surface area contributed by atoms with Crippen LogP contribution in [0.1, 0.15) is 71.6 Å². The van der Waals surface area contributed by atoms with Crippen molar-refractivity contribution in [3.05, 3.63) is 0 Å². The number of hydrogen-bond acceptors (Lipinski definition) is 1. The molecule has 1 N–H and O–H groups in total. The smallest absolute Gasteiger partial charge is 0.0212 e. The maximum atomic E-state index is 3.96. The van der Waals surface area contributed by atoms with Gasteiger partial charge < -0.3 is 5.32 Å². The number of nitrogens with one attached hydrogen (secondary N) is 1.